The van der Waals surface area contributed by atoms with Crippen molar-refractivity contribution in [3.63, 3.8) is 0 Å². The molecular weight excluding hydrogens is 695 g/mol. The third-order valence-electron chi connectivity index (χ3n) is 12.1. The third-order valence-corrected chi connectivity index (χ3v) is 15.7. The van der Waals surface area contributed by atoms with Crippen molar-refractivity contribution >= 4 is 52.6 Å². The number of para-hydroxylation sites is 4. The van der Waals surface area contributed by atoms with Crippen LogP contribution in [0, 0.1) is 0 Å². The molecule has 3 nitrogen and oxygen atoms in total. The Morgan fingerprint density at radius 3 is 1.32 bits per heavy atom. The van der Waals surface area contributed by atoms with Gasteiger partial charge in [0.1, 0.15) is 8.07 Å². The lowest BCUT2D eigenvalue weighted by molar-refractivity contribution is 0.552. The van der Waals surface area contributed by atoms with Crippen LogP contribution in [-0.4, -0.2) is 13.1 Å². The molecule has 1 aliphatic heterocycles. The topological polar surface area (TPSA) is 19.4 Å². The van der Waals surface area contributed by atoms with Gasteiger partial charge in [-0.05, 0) is 126 Å². The minimum Gasteiger partial charge on any atom is -0.310 e. The quantitative estimate of drug-likeness (QED) is 0.152. The lowest BCUT2D eigenvalue weighted by Crippen LogP contribution is -2.63. The highest BCUT2D eigenvalue weighted by Crippen LogP contribution is 2.50. The zero-order chi connectivity index (χ0) is 37.7. The fourth-order valence-corrected chi connectivity index (χ4v) is 12.7. The first-order valence-electron chi connectivity index (χ1n) is 19.6. The summed E-state index contributed by atoms with van der Waals surface area (Å²) in [5.41, 5.74) is 14.7. The van der Waals surface area contributed by atoms with Crippen molar-refractivity contribution in [2.24, 2.45) is 0 Å². The largest absolute Gasteiger partial charge is 0.310 e. The van der Waals surface area contributed by atoms with Gasteiger partial charge in [0.2, 0.25) is 0 Å². The minimum atomic E-state index is -2.17. The number of anilines is 6. The van der Waals surface area contributed by atoms with Crippen LogP contribution in [0.5, 0.6) is 0 Å². The fourth-order valence-electron chi connectivity index (χ4n) is 9.47. The molecule has 1 spiro atoms. The first kappa shape index (κ1) is 34.0. The van der Waals surface area contributed by atoms with Gasteiger partial charge in [-0.25, -0.2) is 0 Å². The van der Waals surface area contributed by atoms with Crippen molar-refractivity contribution in [2.45, 2.75) is 31.4 Å². The zero-order valence-electron chi connectivity index (χ0n) is 31.8. The van der Waals surface area contributed by atoms with Crippen molar-refractivity contribution in [1.29, 1.82) is 0 Å². The smallest absolute Gasteiger partial charge is 0.113 e. The lowest BCUT2D eigenvalue weighted by atomic mass is 9.71. The second-order valence-corrected chi connectivity index (χ2v) is 20.1. The number of aromatic nitrogens is 1. The molecular formula is C52H43N3Si. The highest BCUT2D eigenvalue weighted by atomic mass is 28.3. The number of rotatable bonds is 7. The van der Waals surface area contributed by atoms with Gasteiger partial charge in [0.15, 0.2) is 0 Å². The molecule has 2 aliphatic rings. The highest BCUT2D eigenvalue weighted by molar-refractivity contribution is 7.01. The number of hydrogen-bond acceptors (Lipinski definition) is 3. The van der Waals surface area contributed by atoms with E-state index in [9.17, 15) is 0 Å². The van der Waals surface area contributed by atoms with Gasteiger partial charge >= 0.3 is 0 Å². The highest BCUT2D eigenvalue weighted by Gasteiger charge is 2.51. The number of nitrogens with zero attached hydrogens (tertiary/aromatic N) is 3. The van der Waals surface area contributed by atoms with E-state index in [1.54, 1.807) is 0 Å². The van der Waals surface area contributed by atoms with Crippen LogP contribution in [-0.2, 0) is 18.3 Å². The predicted molar refractivity (Wildman–Crippen MR) is 237 cm³/mol. The predicted octanol–water partition coefficient (Wildman–Crippen LogP) is 11.9. The number of benzene rings is 7. The van der Waals surface area contributed by atoms with Gasteiger partial charge in [-0.2, -0.15) is 0 Å². The van der Waals surface area contributed by atoms with E-state index >= 15 is 0 Å². The van der Waals surface area contributed by atoms with Crippen LogP contribution in [0.15, 0.2) is 200 Å². The van der Waals surface area contributed by atoms with Crippen molar-refractivity contribution in [3.05, 3.63) is 223 Å². The van der Waals surface area contributed by atoms with Gasteiger partial charge in [0.05, 0.1) is 5.69 Å². The second-order valence-electron chi connectivity index (χ2n) is 15.7. The molecule has 0 saturated carbocycles. The Morgan fingerprint density at radius 1 is 0.429 bits per heavy atom. The fraction of sp³-hybridized carbons (Fsp3) is 0.0962. The van der Waals surface area contributed by atoms with Crippen molar-refractivity contribution in [3.8, 4) is 11.3 Å². The van der Waals surface area contributed by atoms with Crippen LogP contribution in [0.1, 0.15) is 22.3 Å². The Kier molecular flexibility index (Phi) is 8.30. The van der Waals surface area contributed by atoms with Gasteiger partial charge in [-0.15, -0.1) is 0 Å². The van der Waals surface area contributed by atoms with E-state index in [0.717, 1.165) is 41.3 Å². The van der Waals surface area contributed by atoms with Crippen LogP contribution in [0.25, 0.3) is 11.3 Å². The van der Waals surface area contributed by atoms with E-state index in [1.165, 1.54) is 49.6 Å². The Balaban J connectivity index is 1.21. The summed E-state index contributed by atoms with van der Waals surface area (Å²) in [7, 11) is -2.17. The molecule has 0 unspecified atom stereocenters. The molecule has 0 amide bonds. The van der Waals surface area contributed by atoms with Crippen LogP contribution in [0.4, 0.5) is 34.1 Å². The maximum atomic E-state index is 4.74. The molecule has 0 radical (unpaired) electrons. The molecule has 8 aromatic rings. The molecule has 10 rings (SSSR count). The SMILES string of the molecule is C[Si]1(C)c2ccc(N(c3ccccc3)c3ccccc3)cc2C2(Cc3ccc(-c4ccccn4)cc3C2)c2cc(N(c3ccccc3)c3ccccc3)ccc21. The molecule has 2 heterocycles. The Labute approximate surface area is 331 Å². The summed E-state index contributed by atoms with van der Waals surface area (Å²) in [6.45, 7) is 5.10. The van der Waals surface area contributed by atoms with E-state index in [0.29, 0.717) is 0 Å². The van der Waals surface area contributed by atoms with Crippen LogP contribution in [0.3, 0.4) is 0 Å². The molecule has 0 saturated heterocycles. The molecule has 1 aromatic heterocycles. The van der Waals surface area contributed by atoms with E-state index in [1.807, 2.05) is 12.3 Å². The average Bonchev–Trinajstić information content (AvgIpc) is 3.65. The number of fused-ring (bicyclic) bond motifs is 5. The summed E-state index contributed by atoms with van der Waals surface area (Å²) in [5.74, 6) is 0. The van der Waals surface area contributed by atoms with Gasteiger partial charge in [0, 0.05) is 51.3 Å². The molecule has 0 atom stereocenters. The van der Waals surface area contributed by atoms with Crippen molar-refractivity contribution in [1.82, 2.24) is 4.98 Å². The summed E-state index contributed by atoms with van der Waals surface area (Å²) in [6.07, 6.45) is 3.76. The summed E-state index contributed by atoms with van der Waals surface area (Å²) in [4.78, 5) is 9.58. The molecule has 0 bridgehead atoms. The maximum absolute atomic E-state index is 4.74. The molecule has 7 aromatic carbocycles. The van der Waals surface area contributed by atoms with Crippen LogP contribution >= 0.6 is 0 Å². The summed E-state index contributed by atoms with van der Waals surface area (Å²) >= 11 is 0. The van der Waals surface area contributed by atoms with E-state index in [2.05, 4.69) is 211 Å². The first-order valence-corrected chi connectivity index (χ1v) is 22.6. The van der Waals surface area contributed by atoms with Gasteiger partial charge < -0.3 is 9.80 Å². The monoisotopic (exact) mass is 737 g/mol. The van der Waals surface area contributed by atoms with E-state index in [4.69, 9.17) is 4.98 Å². The second kappa shape index (κ2) is 13.7. The molecule has 56 heavy (non-hydrogen) atoms. The Morgan fingerprint density at radius 2 is 0.875 bits per heavy atom. The van der Waals surface area contributed by atoms with E-state index < -0.39 is 8.07 Å². The number of pyridine rings is 1. The molecule has 270 valence electrons. The lowest BCUT2D eigenvalue weighted by Gasteiger charge is -2.46. The van der Waals surface area contributed by atoms with Gasteiger partial charge in [-0.3, -0.25) is 4.98 Å². The third kappa shape index (κ3) is 5.68. The number of hydrogen-bond donors (Lipinski definition) is 0. The minimum absolute atomic E-state index is 0.262. The van der Waals surface area contributed by atoms with Crippen LogP contribution in [0.2, 0.25) is 13.1 Å². The van der Waals surface area contributed by atoms with Crippen LogP contribution < -0.4 is 20.2 Å². The summed E-state index contributed by atoms with van der Waals surface area (Å²) in [6, 6.07) is 71.3. The van der Waals surface area contributed by atoms with Crippen molar-refractivity contribution in [2.75, 3.05) is 9.80 Å². The van der Waals surface area contributed by atoms with Gasteiger partial charge in [-0.1, -0.05) is 127 Å². The van der Waals surface area contributed by atoms with E-state index in [-0.39, 0.29) is 5.41 Å². The molecule has 0 N–H and O–H groups in total. The zero-order valence-corrected chi connectivity index (χ0v) is 32.8. The van der Waals surface area contributed by atoms with Crippen molar-refractivity contribution < 1.29 is 0 Å². The molecule has 0 fully saturated rings. The van der Waals surface area contributed by atoms with Gasteiger partial charge in [0.25, 0.3) is 0 Å². The Hall–Kier alpha value is -6.49. The normalized spacial score (nSPS) is 14.4. The first-order chi connectivity index (χ1) is 27.5. The standard InChI is InChI=1S/C52H43N3Si/c1-56(2)50-30-28-45(54(41-17-7-3-8-18-41)42-19-9-4-10-20-42)34-47(50)52(36-39-27-26-38(33-40(39)37-52)49-25-15-16-32-53-49)48-35-46(29-31-51(48)56)55(43-21-11-5-12-22-43)44-23-13-6-14-24-44/h3-35H,36-37H2,1-2H3. The summed E-state index contributed by atoms with van der Waals surface area (Å²) < 4.78 is 0. The maximum Gasteiger partial charge on any atom is 0.113 e. The molecule has 1 aliphatic carbocycles. The molecule has 4 heteroatoms. The average molecular weight is 738 g/mol. The Bertz CT molecular complexity index is 2450. The summed E-state index contributed by atoms with van der Waals surface area (Å²) in [5, 5.41) is 3.06.